The van der Waals surface area contributed by atoms with Crippen molar-refractivity contribution in [3.63, 3.8) is 0 Å². The molecular formula is C24H25NO2. The molecule has 0 saturated heterocycles. The predicted octanol–water partition coefficient (Wildman–Crippen LogP) is 4.24. The van der Waals surface area contributed by atoms with Gasteiger partial charge in [-0.3, -0.25) is 0 Å². The van der Waals surface area contributed by atoms with E-state index in [1.807, 2.05) is 36.4 Å². The van der Waals surface area contributed by atoms with Crippen LogP contribution in [0.4, 0.5) is 0 Å². The van der Waals surface area contributed by atoms with Gasteiger partial charge in [0.1, 0.15) is 5.60 Å². The van der Waals surface area contributed by atoms with Gasteiger partial charge in [0.15, 0.2) is 5.79 Å². The van der Waals surface area contributed by atoms with Gasteiger partial charge in [-0.05, 0) is 37.7 Å². The first kappa shape index (κ1) is 17.9. The first-order valence-corrected chi connectivity index (χ1v) is 9.26. The van der Waals surface area contributed by atoms with Crippen LogP contribution < -0.4 is 0 Å². The molecule has 0 radical (unpaired) electrons. The minimum Gasteiger partial charge on any atom is -0.362 e. The van der Waals surface area contributed by atoms with Gasteiger partial charge in [-0.15, -0.1) is 0 Å². The van der Waals surface area contributed by atoms with E-state index in [1.165, 1.54) is 5.56 Å². The van der Waals surface area contributed by atoms with Crippen LogP contribution in [0.1, 0.15) is 34.7 Å². The van der Waals surface area contributed by atoms with Crippen molar-refractivity contribution in [3.05, 3.63) is 107 Å². The van der Waals surface area contributed by atoms with Crippen LogP contribution in [0.3, 0.4) is 0 Å². The monoisotopic (exact) mass is 359 g/mol. The molecule has 2 atom stereocenters. The van der Waals surface area contributed by atoms with E-state index >= 15 is 0 Å². The number of hydrogen-bond acceptors (Lipinski definition) is 3. The van der Waals surface area contributed by atoms with E-state index in [4.69, 9.17) is 4.74 Å². The number of aliphatic hydroxyl groups is 1. The fourth-order valence-electron chi connectivity index (χ4n) is 4.08. The first-order chi connectivity index (χ1) is 12.9. The molecule has 0 saturated carbocycles. The largest absolute Gasteiger partial charge is 0.362 e. The van der Waals surface area contributed by atoms with Gasteiger partial charge in [0.05, 0.1) is 0 Å². The van der Waals surface area contributed by atoms with Crippen LogP contribution in [0.2, 0.25) is 0 Å². The van der Waals surface area contributed by atoms with Crippen LogP contribution in [0.25, 0.3) is 0 Å². The molecule has 2 unspecified atom stereocenters. The van der Waals surface area contributed by atoms with Crippen molar-refractivity contribution in [2.24, 2.45) is 0 Å². The summed E-state index contributed by atoms with van der Waals surface area (Å²) in [6, 6.07) is 26.6. The topological polar surface area (TPSA) is 32.7 Å². The fourth-order valence-corrected chi connectivity index (χ4v) is 4.08. The predicted molar refractivity (Wildman–Crippen MR) is 107 cm³/mol. The van der Waals surface area contributed by atoms with Gasteiger partial charge in [0, 0.05) is 17.7 Å². The Balaban J connectivity index is 1.93. The van der Waals surface area contributed by atoms with Crippen molar-refractivity contribution >= 4 is 0 Å². The number of ether oxygens (including phenoxy) is 1. The van der Waals surface area contributed by atoms with E-state index in [0.29, 0.717) is 0 Å². The van der Waals surface area contributed by atoms with E-state index in [9.17, 15) is 5.11 Å². The van der Waals surface area contributed by atoms with Gasteiger partial charge >= 0.3 is 0 Å². The first-order valence-electron chi connectivity index (χ1n) is 9.26. The van der Waals surface area contributed by atoms with Crippen LogP contribution in [0, 0.1) is 0 Å². The number of rotatable bonds is 4. The second-order valence-corrected chi connectivity index (χ2v) is 7.61. The second-order valence-electron chi connectivity index (χ2n) is 7.61. The third kappa shape index (κ3) is 2.98. The van der Waals surface area contributed by atoms with Crippen LogP contribution >= 0.6 is 0 Å². The summed E-state index contributed by atoms with van der Waals surface area (Å²) < 4.78 is 6.45. The highest BCUT2D eigenvalue weighted by atomic mass is 16.6. The second kappa shape index (κ2) is 6.61. The molecule has 1 aliphatic rings. The molecule has 138 valence electrons. The Bertz CT molecular complexity index is 932. The highest BCUT2D eigenvalue weighted by molar-refractivity contribution is 5.54. The third-order valence-corrected chi connectivity index (χ3v) is 5.20. The Hall–Kier alpha value is -2.46. The van der Waals surface area contributed by atoms with Crippen LogP contribution in [-0.2, 0) is 22.7 Å². The Kier molecular flexibility index (Phi) is 4.39. The molecule has 0 aliphatic carbocycles. The van der Waals surface area contributed by atoms with Gasteiger partial charge in [0.2, 0.25) is 0 Å². The third-order valence-electron chi connectivity index (χ3n) is 5.20. The molecule has 27 heavy (non-hydrogen) atoms. The van der Waals surface area contributed by atoms with Gasteiger partial charge < -0.3 is 14.7 Å². The van der Waals surface area contributed by atoms with Crippen molar-refractivity contribution < 1.29 is 9.84 Å². The number of hydrogen-bond donors (Lipinski definition) is 1. The van der Waals surface area contributed by atoms with E-state index in [0.717, 1.165) is 28.8 Å². The lowest BCUT2D eigenvalue weighted by molar-refractivity contribution is -0.225. The quantitative estimate of drug-likeness (QED) is 0.756. The van der Waals surface area contributed by atoms with Gasteiger partial charge in [-0.25, -0.2) is 0 Å². The van der Waals surface area contributed by atoms with Gasteiger partial charge in [-0.1, -0.05) is 78.9 Å². The fraction of sp³-hybridized carbons (Fsp3) is 0.250. The lowest BCUT2D eigenvalue weighted by Gasteiger charge is -2.33. The van der Waals surface area contributed by atoms with Crippen LogP contribution in [-0.4, -0.2) is 24.1 Å². The highest BCUT2D eigenvalue weighted by Gasteiger charge is 2.52. The van der Waals surface area contributed by atoms with E-state index < -0.39 is 11.4 Å². The zero-order valence-corrected chi connectivity index (χ0v) is 16.0. The molecule has 0 aromatic heterocycles. The SMILES string of the molecule is CN(C)Cc1ccc(C2(c3ccccc3)OC(C)(O)c3ccccc32)cc1. The van der Waals surface area contributed by atoms with E-state index in [2.05, 4.69) is 61.5 Å². The van der Waals surface area contributed by atoms with E-state index in [1.54, 1.807) is 6.92 Å². The molecule has 1 N–H and O–H groups in total. The normalized spacial score (nSPS) is 24.2. The Morgan fingerprint density at radius 3 is 1.96 bits per heavy atom. The minimum absolute atomic E-state index is 0.811. The standard InChI is InChI=1S/C24H25NO2/c1-23(26)21-11-7-8-12-22(21)24(27-23,19-9-5-4-6-10-19)20-15-13-18(14-16-20)17-25(2)3/h4-16,26H,17H2,1-3H3. The molecule has 1 aliphatic heterocycles. The molecular weight excluding hydrogens is 334 g/mol. The number of nitrogens with zero attached hydrogens (tertiary/aromatic N) is 1. The van der Waals surface area contributed by atoms with Gasteiger partial charge in [0.25, 0.3) is 0 Å². The molecule has 3 heteroatoms. The summed E-state index contributed by atoms with van der Waals surface area (Å²) in [7, 11) is 4.12. The average molecular weight is 359 g/mol. The smallest absolute Gasteiger partial charge is 0.191 e. The summed E-state index contributed by atoms with van der Waals surface area (Å²) in [5, 5.41) is 11.0. The minimum atomic E-state index is -1.35. The Morgan fingerprint density at radius 2 is 1.33 bits per heavy atom. The Morgan fingerprint density at radius 1 is 0.778 bits per heavy atom. The molecule has 0 fully saturated rings. The maximum absolute atomic E-state index is 11.0. The average Bonchev–Trinajstić information content (AvgIpc) is 2.92. The molecule has 3 aromatic rings. The molecule has 0 spiro atoms. The summed E-state index contributed by atoms with van der Waals surface area (Å²) in [6.07, 6.45) is 0. The lowest BCUT2D eigenvalue weighted by atomic mass is 9.79. The summed E-state index contributed by atoms with van der Waals surface area (Å²) in [5.74, 6) is -1.35. The number of benzene rings is 3. The van der Waals surface area contributed by atoms with Crippen molar-refractivity contribution in [2.75, 3.05) is 14.1 Å². The summed E-state index contributed by atoms with van der Waals surface area (Å²) in [5.41, 5.74) is 4.23. The number of fused-ring (bicyclic) bond motifs is 1. The maximum atomic E-state index is 11.0. The van der Waals surface area contributed by atoms with Gasteiger partial charge in [-0.2, -0.15) is 0 Å². The lowest BCUT2D eigenvalue weighted by Crippen LogP contribution is -2.33. The molecule has 0 amide bonds. The van der Waals surface area contributed by atoms with Crippen LogP contribution in [0.5, 0.6) is 0 Å². The molecule has 3 nitrogen and oxygen atoms in total. The Labute approximate surface area is 160 Å². The van der Waals surface area contributed by atoms with Crippen molar-refractivity contribution in [3.8, 4) is 0 Å². The molecule has 3 aromatic carbocycles. The van der Waals surface area contributed by atoms with Crippen LogP contribution in [0.15, 0.2) is 78.9 Å². The van der Waals surface area contributed by atoms with E-state index in [-0.39, 0.29) is 0 Å². The summed E-state index contributed by atoms with van der Waals surface area (Å²) in [4.78, 5) is 2.15. The maximum Gasteiger partial charge on any atom is 0.191 e. The summed E-state index contributed by atoms with van der Waals surface area (Å²) >= 11 is 0. The highest BCUT2D eigenvalue weighted by Crippen LogP contribution is 2.52. The zero-order valence-electron chi connectivity index (χ0n) is 16.0. The molecule has 0 bridgehead atoms. The molecule has 1 heterocycles. The van der Waals surface area contributed by atoms with Crippen molar-refractivity contribution in [2.45, 2.75) is 24.9 Å². The zero-order chi connectivity index (χ0) is 19.1. The van der Waals surface area contributed by atoms with Crippen molar-refractivity contribution in [1.29, 1.82) is 0 Å². The summed E-state index contributed by atoms with van der Waals surface area (Å²) in [6.45, 7) is 2.60. The van der Waals surface area contributed by atoms with Crippen molar-refractivity contribution in [1.82, 2.24) is 4.90 Å². The molecule has 4 rings (SSSR count).